The van der Waals surface area contributed by atoms with Gasteiger partial charge in [0.05, 0.1) is 5.69 Å². The Labute approximate surface area is 123 Å². The molecule has 1 heterocycles. The lowest BCUT2D eigenvalue weighted by Crippen LogP contribution is -2.25. The van der Waals surface area contributed by atoms with E-state index in [0.717, 1.165) is 41.4 Å². The second kappa shape index (κ2) is 5.54. The van der Waals surface area contributed by atoms with Crippen molar-refractivity contribution in [1.29, 1.82) is 0 Å². The van der Waals surface area contributed by atoms with Crippen molar-refractivity contribution in [2.45, 2.75) is 38.2 Å². The monoisotopic (exact) mass is 288 g/mol. The first kappa shape index (κ1) is 13.6. The number of hydrogen-bond donors (Lipinski definition) is 1. The standard InChI is InChI=1S/C16H20N2OS/c1-2-19-16(8-3-4-9-16)15-18-14(11-20-15)12-6-5-7-13(17)10-12/h5-7,10-11H,2-4,8-9,17H2,1H3. The SMILES string of the molecule is CCOC1(c2nc(-c3cccc(N)c3)cs2)CCCC1. The molecule has 0 atom stereocenters. The third-order valence-corrected chi connectivity index (χ3v) is 4.94. The molecule has 3 rings (SSSR count). The molecule has 0 spiro atoms. The highest BCUT2D eigenvalue weighted by molar-refractivity contribution is 7.10. The summed E-state index contributed by atoms with van der Waals surface area (Å²) in [7, 11) is 0. The Morgan fingerprint density at radius 1 is 1.35 bits per heavy atom. The number of nitrogens with two attached hydrogens (primary N) is 1. The Morgan fingerprint density at radius 2 is 2.15 bits per heavy atom. The quantitative estimate of drug-likeness (QED) is 0.858. The van der Waals surface area contributed by atoms with E-state index in [-0.39, 0.29) is 5.60 Å². The number of aromatic nitrogens is 1. The number of nitrogen functional groups attached to an aromatic ring is 1. The first-order valence-corrected chi connectivity index (χ1v) is 8.07. The number of thiazole rings is 1. The summed E-state index contributed by atoms with van der Waals surface area (Å²) in [4.78, 5) is 4.83. The van der Waals surface area contributed by atoms with Crippen LogP contribution >= 0.6 is 11.3 Å². The Balaban J connectivity index is 1.93. The molecule has 2 N–H and O–H groups in total. The lowest BCUT2D eigenvalue weighted by Gasteiger charge is -2.26. The predicted molar refractivity (Wildman–Crippen MR) is 83.7 cm³/mol. The van der Waals surface area contributed by atoms with Crippen molar-refractivity contribution in [3.63, 3.8) is 0 Å². The van der Waals surface area contributed by atoms with E-state index in [2.05, 4.69) is 18.4 Å². The van der Waals surface area contributed by atoms with Crippen molar-refractivity contribution >= 4 is 17.0 Å². The van der Waals surface area contributed by atoms with Gasteiger partial charge in [-0.3, -0.25) is 0 Å². The van der Waals surface area contributed by atoms with Gasteiger partial charge in [-0.25, -0.2) is 4.98 Å². The predicted octanol–water partition coefficient (Wildman–Crippen LogP) is 4.20. The summed E-state index contributed by atoms with van der Waals surface area (Å²) in [5, 5.41) is 3.23. The van der Waals surface area contributed by atoms with Gasteiger partial charge in [-0.15, -0.1) is 11.3 Å². The van der Waals surface area contributed by atoms with Crippen LogP contribution in [0.25, 0.3) is 11.3 Å². The molecule has 20 heavy (non-hydrogen) atoms. The van der Waals surface area contributed by atoms with Gasteiger partial charge in [0.15, 0.2) is 0 Å². The van der Waals surface area contributed by atoms with Crippen LogP contribution in [0.15, 0.2) is 29.6 Å². The van der Waals surface area contributed by atoms with Crippen molar-refractivity contribution in [1.82, 2.24) is 4.98 Å². The second-order valence-electron chi connectivity index (χ2n) is 5.30. The molecule has 0 saturated heterocycles. The lowest BCUT2D eigenvalue weighted by atomic mass is 10.0. The van der Waals surface area contributed by atoms with Crippen LogP contribution in [0.1, 0.15) is 37.6 Å². The highest BCUT2D eigenvalue weighted by atomic mass is 32.1. The zero-order valence-corrected chi connectivity index (χ0v) is 12.6. The van der Waals surface area contributed by atoms with Crippen LogP contribution in [0.4, 0.5) is 5.69 Å². The summed E-state index contributed by atoms with van der Waals surface area (Å²) in [6.07, 6.45) is 4.63. The molecule has 2 aromatic rings. The molecule has 0 aliphatic heterocycles. The van der Waals surface area contributed by atoms with Crippen molar-refractivity contribution in [2.24, 2.45) is 0 Å². The van der Waals surface area contributed by atoms with Crippen LogP contribution in [0, 0.1) is 0 Å². The number of anilines is 1. The Hall–Kier alpha value is -1.39. The van der Waals surface area contributed by atoms with E-state index in [9.17, 15) is 0 Å². The van der Waals surface area contributed by atoms with Crippen molar-refractivity contribution in [3.8, 4) is 11.3 Å². The molecule has 1 aromatic carbocycles. The van der Waals surface area contributed by atoms with Gasteiger partial charge in [0.25, 0.3) is 0 Å². The van der Waals surface area contributed by atoms with Gasteiger partial charge in [0, 0.05) is 23.2 Å². The first-order chi connectivity index (χ1) is 9.73. The van der Waals surface area contributed by atoms with Gasteiger partial charge in [0.2, 0.25) is 0 Å². The molecule has 0 bridgehead atoms. The van der Waals surface area contributed by atoms with Crippen LogP contribution in [0.5, 0.6) is 0 Å². The van der Waals surface area contributed by atoms with E-state index in [1.807, 2.05) is 18.2 Å². The van der Waals surface area contributed by atoms with E-state index < -0.39 is 0 Å². The normalized spacial score (nSPS) is 17.4. The zero-order valence-electron chi connectivity index (χ0n) is 11.8. The summed E-state index contributed by atoms with van der Waals surface area (Å²) < 4.78 is 6.07. The molecule has 1 aromatic heterocycles. The Bertz CT molecular complexity index is 588. The fourth-order valence-corrected chi connectivity index (χ4v) is 4.00. The van der Waals surface area contributed by atoms with Crippen LogP contribution in [-0.4, -0.2) is 11.6 Å². The zero-order chi connectivity index (χ0) is 14.0. The molecule has 0 amide bonds. The average molecular weight is 288 g/mol. The third-order valence-electron chi connectivity index (χ3n) is 3.91. The molecule has 4 heteroatoms. The molecular weight excluding hydrogens is 268 g/mol. The molecule has 3 nitrogen and oxygen atoms in total. The van der Waals surface area contributed by atoms with Gasteiger partial charge in [0.1, 0.15) is 10.6 Å². The summed E-state index contributed by atoms with van der Waals surface area (Å²) in [6.45, 7) is 2.81. The smallest absolute Gasteiger partial charge is 0.125 e. The second-order valence-corrected chi connectivity index (χ2v) is 6.16. The Kier molecular flexibility index (Phi) is 3.76. The van der Waals surface area contributed by atoms with Crippen molar-refractivity contribution in [3.05, 3.63) is 34.7 Å². The molecular formula is C16H20N2OS. The third kappa shape index (κ3) is 2.45. The number of benzene rings is 1. The van der Waals surface area contributed by atoms with E-state index in [1.165, 1.54) is 12.8 Å². The van der Waals surface area contributed by atoms with Crippen molar-refractivity contribution in [2.75, 3.05) is 12.3 Å². The van der Waals surface area contributed by atoms with Crippen LogP contribution in [-0.2, 0) is 10.3 Å². The average Bonchev–Trinajstić information content (AvgIpc) is 3.08. The molecule has 1 aliphatic carbocycles. The van der Waals surface area contributed by atoms with Gasteiger partial charge in [-0.2, -0.15) is 0 Å². The molecule has 1 saturated carbocycles. The minimum Gasteiger partial charge on any atom is -0.399 e. The number of ether oxygens (including phenoxy) is 1. The van der Waals surface area contributed by atoms with Gasteiger partial charge in [-0.1, -0.05) is 25.0 Å². The van der Waals surface area contributed by atoms with Gasteiger partial charge < -0.3 is 10.5 Å². The summed E-state index contributed by atoms with van der Waals surface area (Å²) in [5.41, 5.74) is 8.57. The summed E-state index contributed by atoms with van der Waals surface area (Å²) in [5.74, 6) is 0. The van der Waals surface area contributed by atoms with Crippen molar-refractivity contribution < 1.29 is 4.74 Å². The van der Waals surface area contributed by atoms with Crippen LogP contribution < -0.4 is 5.73 Å². The van der Waals surface area contributed by atoms with E-state index in [4.69, 9.17) is 15.5 Å². The van der Waals surface area contributed by atoms with Crippen LogP contribution in [0.3, 0.4) is 0 Å². The highest BCUT2D eigenvalue weighted by Crippen LogP contribution is 2.44. The summed E-state index contributed by atoms with van der Waals surface area (Å²) >= 11 is 1.71. The fourth-order valence-electron chi connectivity index (χ4n) is 2.96. The molecule has 106 valence electrons. The van der Waals surface area contributed by atoms with E-state index in [0.29, 0.717) is 0 Å². The maximum atomic E-state index is 6.07. The largest absolute Gasteiger partial charge is 0.399 e. The fraction of sp³-hybridized carbons (Fsp3) is 0.438. The van der Waals surface area contributed by atoms with E-state index >= 15 is 0 Å². The number of hydrogen-bond acceptors (Lipinski definition) is 4. The topological polar surface area (TPSA) is 48.1 Å². The van der Waals surface area contributed by atoms with Gasteiger partial charge >= 0.3 is 0 Å². The minimum atomic E-state index is -0.141. The maximum Gasteiger partial charge on any atom is 0.125 e. The maximum absolute atomic E-state index is 6.07. The number of rotatable bonds is 4. The lowest BCUT2D eigenvalue weighted by molar-refractivity contribution is -0.0390. The highest BCUT2D eigenvalue weighted by Gasteiger charge is 2.39. The minimum absolute atomic E-state index is 0.141. The van der Waals surface area contributed by atoms with E-state index in [1.54, 1.807) is 11.3 Å². The van der Waals surface area contributed by atoms with Gasteiger partial charge in [-0.05, 0) is 31.9 Å². The Morgan fingerprint density at radius 3 is 2.85 bits per heavy atom. The molecule has 0 unspecified atom stereocenters. The van der Waals surface area contributed by atoms with Crippen LogP contribution in [0.2, 0.25) is 0 Å². The molecule has 1 fully saturated rings. The number of nitrogens with zero attached hydrogens (tertiary/aromatic N) is 1. The molecule has 0 radical (unpaired) electrons. The first-order valence-electron chi connectivity index (χ1n) is 7.19. The summed E-state index contributed by atoms with van der Waals surface area (Å²) in [6, 6.07) is 7.89. The molecule has 1 aliphatic rings.